The highest BCUT2D eigenvalue weighted by Gasteiger charge is 2.17. The van der Waals surface area contributed by atoms with E-state index < -0.39 is 0 Å². The van der Waals surface area contributed by atoms with Crippen molar-refractivity contribution in [2.45, 2.75) is 6.92 Å². The molecule has 0 unspecified atom stereocenters. The van der Waals surface area contributed by atoms with Crippen LogP contribution in [0, 0.1) is 6.92 Å². The van der Waals surface area contributed by atoms with Gasteiger partial charge in [-0.25, -0.2) is 0 Å². The van der Waals surface area contributed by atoms with Crippen molar-refractivity contribution in [3.05, 3.63) is 65.2 Å². The molecule has 0 aliphatic carbocycles. The lowest BCUT2D eigenvalue weighted by molar-refractivity contribution is -0.114. The molecule has 0 aromatic heterocycles. The van der Waals surface area contributed by atoms with Crippen molar-refractivity contribution in [1.82, 2.24) is 0 Å². The van der Waals surface area contributed by atoms with Gasteiger partial charge in [0.25, 0.3) is 0 Å². The van der Waals surface area contributed by atoms with Crippen molar-refractivity contribution in [2.75, 3.05) is 11.9 Å². The Hall–Kier alpha value is -2.42. The third kappa shape index (κ3) is 2.27. The van der Waals surface area contributed by atoms with Crippen LogP contribution >= 0.6 is 0 Å². The molecule has 0 fully saturated rings. The number of hydrogen-bond donors (Lipinski definition) is 1. The molecule has 1 N–H and O–H groups in total. The number of nitrogens with zero attached hydrogens (tertiary/aromatic N) is 1. The Balaban J connectivity index is 2.17. The van der Waals surface area contributed by atoms with Gasteiger partial charge < -0.3 is 5.32 Å². The van der Waals surface area contributed by atoms with E-state index in [1.807, 2.05) is 36.4 Å². The zero-order chi connectivity index (χ0) is 13.2. The van der Waals surface area contributed by atoms with Crippen molar-refractivity contribution in [1.29, 1.82) is 0 Å². The van der Waals surface area contributed by atoms with Crippen molar-refractivity contribution >= 4 is 17.3 Å². The Kier molecular flexibility index (Phi) is 2.88. The fourth-order valence-corrected chi connectivity index (χ4v) is 2.26. The second kappa shape index (κ2) is 4.69. The summed E-state index contributed by atoms with van der Waals surface area (Å²) >= 11 is 0. The Morgan fingerprint density at radius 1 is 1.11 bits per heavy atom. The van der Waals surface area contributed by atoms with E-state index in [0.29, 0.717) is 0 Å². The normalized spacial score (nSPS) is 14.2. The first-order valence-electron chi connectivity index (χ1n) is 6.25. The molecule has 1 aliphatic heterocycles. The first-order chi connectivity index (χ1) is 9.24. The summed E-state index contributed by atoms with van der Waals surface area (Å²) in [6.45, 7) is 2.22. The predicted octanol–water partition coefficient (Wildman–Crippen LogP) is 2.78. The summed E-state index contributed by atoms with van der Waals surface area (Å²) < 4.78 is 0. The lowest BCUT2D eigenvalue weighted by Gasteiger charge is -2.10. The molecule has 3 heteroatoms. The molecule has 1 aliphatic rings. The summed E-state index contributed by atoms with van der Waals surface area (Å²) in [6.07, 6.45) is 0. The van der Waals surface area contributed by atoms with Crippen LogP contribution in [0.4, 0.5) is 5.69 Å². The topological polar surface area (TPSA) is 41.5 Å². The Morgan fingerprint density at radius 3 is 2.79 bits per heavy atom. The highest BCUT2D eigenvalue weighted by atomic mass is 16.1. The fourth-order valence-electron chi connectivity index (χ4n) is 2.26. The number of amides is 1. The third-order valence-corrected chi connectivity index (χ3v) is 3.13. The number of hydrogen-bond acceptors (Lipinski definition) is 2. The van der Waals surface area contributed by atoms with Gasteiger partial charge in [0.05, 0.1) is 11.4 Å². The molecule has 19 heavy (non-hydrogen) atoms. The molecule has 0 saturated heterocycles. The van der Waals surface area contributed by atoms with Gasteiger partial charge in [0, 0.05) is 11.1 Å². The largest absolute Gasteiger partial charge is 0.324 e. The molecule has 3 rings (SSSR count). The maximum Gasteiger partial charge on any atom is 0.246 e. The number of carbonyl (C=O) groups is 1. The van der Waals surface area contributed by atoms with E-state index in [1.165, 1.54) is 5.56 Å². The number of para-hydroxylation sites is 1. The van der Waals surface area contributed by atoms with E-state index in [9.17, 15) is 4.79 Å². The summed E-state index contributed by atoms with van der Waals surface area (Å²) in [7, 11) is 0. The van der Waals surface area contributed by atoms with Gasteiger partial charge in [-0.3, -0.25) is 9.79 Å². The SMILES string of the molecule is Cc1cccc(C2=NCC(=O)Nc3ccccc32)c1. The van der Waals surface area contributed by atoms with Gasteiger partial charge in [-0.2, -0.15) is 0 Å². The van der Waals surface area contributed by atoms with Gasteiger partial charge in [-0.1, -0.05) is 42.0 Å². The highest BCUT2D eigenvalue weighted by molar-refractivity contribution is 6.19. The van der Waals surface area contributed by atoms with Gasteiger partial charge in [-0.05, 0) is 19.1 Å². The van der Waals surface area contributed by atoms with Crippen LogP contribution in [-0.2, 0) is 4.79 Å². The van der Waals surface area contributed by atoms with Gasteiger partial charge in [0.1, 0.15) is 6.54 Å². The maximum atomic E-state index is 11.7. The number of benzodiazepines with no additional fused rings is 1. The lowest BCUT2D eigenvalue weighted by Crippen LogP contribution is -2.13. The predicted molar refractivity (Wildman–Crippen MR) is 76.8 cm³/mol. The zero-order valence-electron chi connectivity index (χ0n) is 10.7. The van der Waals surface area contributed by atoms with Crippen LogP contribution < -0.4 is 5.32 Å². The van der Waals surface area contributed by atoms with Crippen LogP contribution in [0.1, 0.15) is 16.7 Å². The number of aryl methyl sites for hydroxylation is 1. The highest BCUT2D eigenvalue weighted by Crippen LogP contribution is 2.22. The van der Waals surface area contributed by atoms with Gasteiger partial charge in [0.15, 0.2) is 0 Å². The smallest absolute Gasteiger partial charge is 0.246 e. The average molecular weight is 250 g/mol. The standard InChI is InChI=1S/C16H14N2O/c1-11-5-4-6-12(9-11)16-13-7-2-3-8-14(13)18-15(19)10-17-16/h2-9H,10H2,1H3,(H,18,19). The first-order valence-corrected chi connectivity index (χ1v) is 6.25. The van der Waals surface area contributed by atoms with Gasteiger partial charge >= 0.3 is 0 Å². The zero-order valence-corrected chi connectivity index (χ0v) is 10.7. The van der Waals surface area contributed by atoms with Crippen LogP contribution in [0.15, 0.2) is 53.5 Å². The summed E-state index contributed by atoms with van der Waals surface area (Å²) in [5.41, 5.74) is 4.90. The van der Waals surface area contributed by atoms with Crippen LogP contribution in [-0.4, -0.2) is 18.2 Å². The molecule has 94 valence electrons. The number of rotatable bonds is 1. The monoisotopic (exact) mass is 250 g/mol. The molecule has 0 spiro atoms. The van der Waals surface area contributed by atoms with Crippen molar-refractivity contribution < 1.29 is 4.79 Å². The van der Waals surface area contributed by atoms with Crippen LogP contribution in [0.5, 0.6) is 0 Å². The molecule has 2 aromatic rings. The van der Waals surface area contributed by atoms with E-state index in [0.717, 1.165) is 22.5 Å². The molecule has 0 bridgehead atoms. The van der Waals surface area contributed by atoms with E-state index in [1.54, 1.807) is 0 Å². The summed E-state index contributed by atoms with van der Waals surface area (Å²) in [4.78, 5) is 16.1. The lowest BCUT2D eigenvalue weighted by atomic mass is 9.99. The second-order valence-corrected chi connectivity index (χ2v) is 4.63. The third-order valence-electron chi connectivity index (χ3n) is 3.13. The summed E-state index contributed by atoms with van der Waals surface area (Å²) in [6, 6.07) is 15.9. The minimum absolute atomic E-state index is 0.0740. The van der Waals surface area contributed by atoms with Crippen molar-refractivity contribution in [3.8, 4) is 0 Å². The Labute approximate surface area is 112 Å². The summed E-state index contributed by atoms with van der Waals surface area (Å²) in [5, 5.41) is 2.88. The van der Waals surface area contributed by atoms with Crippen LogP contribution in [0.25, 0.3) is 0 Å². The number of aliphatic imine (C=N–C) groups is 1. The molecule has 1 heterocycles. The second-order valence-electron chi connectivity index (χ2n) is 4.63. The molecule has 3 nitrogen and oxygen atoms in total. The minimum Gasteiger partial charge on any atom is -0.324 e. The first kappa shape index (κ1) is 11.7. The van der Waals surface area contributed by atoms with Crippen molar-refractivity contribution in [2.24, 2.45) is 4.99 Å². The molecule has 0 radical (unpaired) electrons. The van der Waals surface area contributed by atoms with Crippen molar-refractivity contribution in [3.63, 3.8) is 0 Å². The molecule has 0 atom stereocenters. The summed E-state index contributed by atoms with van der Waals surface area (Å²) in [5.74, 6) is -0.0740. The number of anilines is 1. The quantitative estimate of drug-likeness (QED) is 0.830. The maximum absolute atomic E-state index is 11.7. The average Bonchev–Trinajstić information content (AvgIpc) is 2.57. The van der Waals surface area contributed by atoms with E-state index in [4.69, 9.17) is 0 Å². The molecular formula is C16H14N2O. The minimum atomic E-state index is -0.0740. The van der Waals surface area contributed by atoms with E-state index in [2.05, 4.69) is 29.4 Å². The molecule has 1 amide bonds. The molecule has 2 aromatic carbocycles. The fraction of sp³-hybridized carbons (Fsp3) is 0.125. The van der Waals surface area contributed by atoms with Gasteiger partial charge in [0.2, 0.25) is 5.91 Å². The number of nitrogens with one attached hydrogen (secondary N) is 1. The van der Waals surface area contributed by atoms with Crippen LogP contribution in [0.2, 0.25) is 0 Å². The molecular weight excluding hydrogens is 236 g/mol. The number of benzene rings is 2. The van der Waals surface area contributed by atoms with Crippen LogP contribution in [0.3, 0.4) is 0 Å². The molecule has 0 saturated carbocycles. The van der Waals surface area contributed by atoms with E-state index in [-0.39, 0.29) is 12.5 Å². The number of fused-ring (bicyclic) bond motifs is 1. The Morgan fingerprint density at radius 2 is 1.95 bits per heavy atom. The Bertz CT molecular complexity index is 674. The number of carbonyl (C=O) groups excluding carboxylic acids is 1. The van der Waals surface area contributed by atoms with Gasteiger partial charge in [-0.15, -0.1) is 0 Å². The van der Waals surface area contributed by atoms with E-state index >= 15 is 0 Å².